The van der Waals surface area contributed by atoms with Gasteiger partial charge in [0.1, 0.15) is 0 Å². The number of aliphatic hydroxyl groups is 1. The standard InChI is InChI=1S/C17H24N2O2S/c20-15-10-19(9-14(15)18-7-3-4-8-18)17(21)13-11-22-16-6-2-1-5-12(13)16/h11,14-15,20H,1-10H2/t14-,15-/m1/s1. The van der Waals surface area contributed by atoms with Crippen LogP contribution in [0.2, 0.25) is 0 Å². The number of fused-ring (bicyclic) bond motifs is 1. The lowest BCUT2D eigenvalue weighted by Crippen LogP contribution is -2.41. The molecule has 2 saturated heterocycles. The molecule has 3 aliphatic rings. The summed E-state index contributed by atoms with van der Waals surface area (Å²) in [4.78, 5) is 18.5. The summed E-state index contributed by atoms with van der Waals surface area (Å²) in [6.45, 7) is 3.31. The molecule has 0 radical (unpaired) electrons. The zero-order valence-corrected chi connectivity index (χ0v) is 13.8. The second kappa shape index (κ2) is 5.95. The average molecular weight is 320 g/mol. The molecular weight excluding hydrogens is 296 g/mol. The third kappa shape index (κ3) is 2.49. The topological polar surface area (TPSA) is 43.8 Å². The number of β-amino-alcohol motifs (C(OH)–C–C–N with tert-alkyl or cyclic N) is 1. The Balaban J connectivity index is 1.50. The Kier molecular flexibility index (Phi) is 3.96. The molecule has 3 heterocycles. The molecule has 120 valence electrons. The minimum absolute atomic E-state index is 0.139. The van der Waals surface area contributed by atoms with Crippen LogP contribution in [0.5, 0.6) is 0 Å². The zero-order valence-electron chi connectivity index (χ0n) is 13.0. The monoisotopic (exact) mass is 320 g/mol. The van der Waals surface area contributed by atoms with Gasteiger partial charge in [-0.3, -0.25) is 9.69 Å². The number of aliphatic hydroxyl groups excluding tert-OH is 1. The second-order valence-corrected chi connectivity index (χ2v) is 7.81. The smallest absolute Gasteiger partial charge is 0.255 e. The number of carbonyl (C=O) groups excluding carboxylic acids is 1. The number of carbonyl (C=O) groups is 1. The van der Waals surface area contributed by atoms with E-state index in [4.69, 9.17) is 0 Å². The highest BCUT2D eigenvalue weighted by Gasteiger charge is 2.39. The van der Waals surface area contributed by atoms with E-state index in [0.29, 0.717) is 13.1 Å². The van der Waals surface area contributed by atoms with E-state index < -0.39 is 6.10 Å². The van der Waals surface area contributed by atoms with E-state index >= 15 is 0 Å². The number of rotatable bonds is 2. The Bertz CT molecular complexity index is 565. The largest absolute Gasteiger partial charge is 0.390 e. The summed E-state index contributed by atoms with van der Waals surface area (Å²) in [5.41, 5.74) is 2.20. The number of thiophene rings is 1. The summed E-state index contributed by atoms with van der Waals surface area (Å²) in [7, 11) is 0. The molecule has 5 heteroatoms. The van der Waals surface area contributed by atoms with Crippen LogP contribution in [0.3, 0.4) is 0 Å². The highest BCUT2D eigenvalue weighted by atomic mass is 32.1. The first-order valence-electron chi connectivity index (χ1n) is 8.54. The lowest BCUT2D eigenvalue weighted by Gasteiger charge is -2.25. The van der Waals surface area contributed by atoms with Gasteiger partial charge in [0, 0.05) is 23.3 Å². The lowest BCUT2D eigenvalue weighted by atomic mass is 9.95. The van der Waals surface area contributed by atoms with Crippen molar-refractivity contribution < 1.29 is 9.90 Å². The number of nitrogens with zero attached hydrogens (tertiary/aromatic N) is 2. The van der Waals surface area contributed by atoms with Gasteiger partial charge >= 0.3 is 0 Å². The van der Waals surface area contributed by atoms with Crippen molar-refractivity contribution in [1.29, 1.82) is 0 Å². The number of aryl methyl sites for hydroxylation is 1. The van der Waals surface area contributed by atoms with Gasteiger partial charge in [-0.05, 0) is 57.2 Å². The maximum Gasteiger partial charge on any atom is 0.255 e. The Morgan fingerprint density at radius 2 is 1.91 bits per heavy atom. The van der Waals surface area contributed by atoms with Gasteiger partial charge in [-0.1, -0.05) is 0 Å². The molecule has 0 unspecified atom stereocenters. The molecule has 4 rings (SSSR count). The molecule has 2 aliphatic heterocycles. The predicted molar refractivity (Wildman–Crippen MR) is 87.5 cm³/mol. The van der Waals surface area contributed by atoms with Crippen molar-refractivity contribution in [3.8, 4) is 0 Å². The minimum Gasteiger partial charge on any atom is -0.390 e. The fraction of sp³-hybridized carbons (Fsp3) is 0.706. The van der Waals surface area contributed by atoms with Crippen LogP contribution in [-0.4, -0.2) is 59.1 Å². The van der Waals surface area contributed by atoms with Crippen molar-refractivity contribution in [3.05, 3.63) is 21.4 Å². The summed E-state index contributed by atoms with van der Waals surface area (Å²) in [6, 6.07) is 0.140. The minimum atomic E-state index is -0.392. The van der Waals surface area contributed by atoms with Crippen LogP contribution in [-0.2, 0) is 12.8 Å². The molecule has 4 nitrogen and oxygen atoms in total. The predicted octanol–water partition coefficient (Wildman–Crippen LogP) is 1.91. The van der Waals surface area contributed by atoms with Gasteiger partial charge < -0.3 is 10.0 Å². The van der Waals surface area contributed by atoms with Gasteiger partial charge in [-0.25, -0.2) is 0 Å². The number of hydrogen-bond acceptors (Lipinski definition) is 4. The number of amides is 1. The maximum absolute atomic E-state index is 12.9. The average Bonchev–Trinajstić information content (AvgIpc) is 3.25. The highest BCUT2D eigenvalue weighted by Crippen LogP contribution is 2.32. The molecule has 1 amide bonds. The van der Waals surface area contributed by atoms with E-state index in [9.17, 15) is 9.90 Å². The molecule has 0 aromatic carbocycles. The van der Waals surface area contributed by atoms with Gasteiger partial charge in [0.15, 0.2) is 0 Å². The van der Waals surface area contributed by atoms with Crippen molar-refractivity contribution >= 4 is 17.2 Å². The molecule has 0 saturated carbocycles. The van der Waals surface area contributed by atoms with Crippen LogP contribution in [0.25, 0.3) is 0 Å². The van der Waals surface area contributed by atoms with Crippen LogP contribution in [0, 0.1) is 0 Å². The first kappa shape index (κ1) is 14.7. The SMILES string of the molecule is O=C(c1csc2c1CCCC2)N1C[C@@H](O)[C@H](N2CCCC2)C1. The summed E-state index contributed by atoms with van der Waals surface area (Å²) >= 11 is 1.75. The van der Waals surface area contributed by atoms with Crippen molar-refractivity contribution in [1.82, 2.24) is 9.80 Å². The van der Waals surface area contributed by atoms with Crippen LogP contribution in [0.1, 0.15) is 46.5 Å². The lowest BCUT2D eigenvalue weighted by molar-refractivity contribution is 0.0762. The van der Waals surface area contributed by atoms with Gasteiger partial charge in [-0.15, -0.1) is 11.3 Å². The van der Waals surface area contributed by atoms with E-state index in [1.54, 1.807) is 11.3 Å². The Labute approximate surface area is 135 Å². The number of likely N-dealkylation sites (tertiary alicyclic amines) is 2. The quantitative estimate of drug-likeness (QED) is 0.905. The van der Waals surface area contributed by atoms with Gasteiger partial charge in [-0.2, -0.15) is 0 Å². The van der Waals surface area contributed by atoms with E-state index in [-0.39, 0.29) is 11.9 Å². The molecule has 2 fully saturated rings. The fourth-order valence-electron chi connectivity index (χ4n) is 4.21. The summed E-state index contributed by atoms with van der Waals surface area (Å²) in [5.74, 6) is 0.139. The molecule has 1 aromatic heterocycles. The summed E-state index contributed by atoms with van der Waals surface area (Å²) < 4.78 is 0. The summed E-state index contributed by atoms with van der Waals surface area (Å²) in [6.07, 6.45) is 6.67. The first-order chi connectivity index (χ1) is 10.7. The molecule has 1 aromatic rings. The van der Waals surface area contributed by atoms with E-state index in [2.05, 4.69) is 4.90 Å². The van der Waals surface area contributed by atoms with Crippen molar-refractivity contribution in [3.63, 3.8) is 0 Å². The molecule has 0 bridgehead atoms. The molecule has 1 aliphatic carbocycles. The van der Waals surface area contributed by atoms with Crippen molar-refractivity contribution in [2.45, 2.75) is 50.7 Å². The highest BCUT2D eigenvalue weighted by molar-refractivity contribution is 7.10. The molecule has 2 atom stereocenters. The van der Waals surface area contributed by atoms with Crippen LogP contribution >= 0.6 is 11.3 Å². The van der Waals surface area contributed by atoms with Crippen molar-refractivity contribution in [2.24, 2.45) is 0 Å². The van der Waals surface area contributed by atoms with Crippen molar-refractivity contribution in [2.75, 3.05) is 26.2 Å². The third-order valence-corrected chi connectivity index (χ3v) is 6.54. The maximum atomic E-state index is 12.9. The Morgan fingerprint density at radius 3 is 2.73 bits per heavy atom. The fourth-order valence-corrected chi connectivity index (χ4v) is 5.33. The van der Waals surface area contributed by atoms with Gasteiger partial charge in [0.25, 0.3) is 5.91 Å². The Morgan fingerprint density at radius 1 is 1.14 bits per heavy atom. The van der Waals surface area contributed by atoms with E-state index in [1.165, 1.54) is 36.1 Å². The zero-order chi connectivity index (χ0) is 15.1. The number of hydrogen-bond donors (Lipinski definition) is 1. The van der Waals surface area contributed by atoms with Crippen LogP contribution < -0.4 is 0 Å². The van der Waals surface area contributed by atoms with Crippen LogP contribution in [0.4, 0.5) is 0 Å². The Hall–Kier alpha value is -0.910. The second-order valence-electron chi connectivity index (χ2n) is 6.85. The van der Waals surface area contributed by atoms with E-state index in [0.717, 1.165) is 31.5 Å². The third-order valence-electron chi connectivity index (χ3n) is 5.45. The van der Waals surface area contributed by atoms with Gasteiger partial charge in [0.05, 0.1) is 17.7 Å². The summed E-state index contributed by atoms with van der Waals surface area (Å²) in [5, 5.41) is 12.4. The van der Waals surface area contributed by atoms with Gasteiger partial charge in [0.2, 0.25) is 0 Å². The van der Waals surface area contributed by atoms with Crippen LogP contribution in [0.15, 0.2) is 5.38 Å². The molecule has 0 spiro atoms. The normalized spacial score (nSPS) is 29.0. The first-order valence-corrected chi connectivity index (χ1v) is 9.42. The molecular formula is C17H24N2O2S. The molecule has 1 N–H and O–H groups in total. The molecule has 22 heavy (non-hydrogen) atoms. The van der Waals surface area contributed by atoms with E-state index in [1.807, 2.05) is 10.3 Å².